The summed E-state index contributed by atoms with van der Waals surface area (Å²) in [5.74, 6) is -0.226. The van der Waals surface area contributed by atoms with Crippen molar-refractivity contribution in [3.8, 4) is 5.75 Å². The lowest BCUT2D eigenvalue weighted by Crippen LogP contribution is -2.36. The van der Waals surface area contributed by atoms with E-state index in [9.17, 15) is 18.0 Å². The molecule has 1 aliphatic heterocycles. The van der Waals surface area contributed by atoms with Crippen LogP contribution in [0.3, 0.4) is 0 Å². The highest BCUT2D eigenvalue weighted by Crippen LogP contribution is 2.20. The van der Waals surface area contributed by atoms with Crippen molar-refractivity contribution in [2.45, 2.75) is 31.1 Å². The SMILES string of the molecule is CCOc1ccc(/C=N/NC(=O)CNC(=O)c2ccc(S(=O)(=O)N3CCCCC3)cc2)cc1. The summed E-state index contributed by atoms with van der Waals surface area (Å²) in [5, 5.41) is 6.35. The van der Waals surface area contributed by atoms with Crippen LogP contribution in [-0.2, 0) is 14.8 Å². The van der Waals surface area contributed by atoms with Gasteiger partial charge in [-0.1, -0.05) is 6.42 Å². The van der Waals surface area contributed by atoms with Crippen molar-refractivity contribution >= 4 is 28.1 Å². The number of ether oxygens (including phenoxy) is 1. The molecule has 176 valence electrons. The van der Waals surface area contributed by atoms with Gasteiger partial charge in [-0.05, 0) is 73.9 Å². The van der Waals surface area contributed by atoms with E-state index in [1.165, 1.54) is 34.8 Å². The molecular weight excluding hydrogens is 444 g/mol. The number of amides is 2. The van der Waals surface area contributed by atoms with Gasteiger partial charge in [-0.15, -0.1) is 0 Å². The largest absolute Gasteiger partial charge is 0.494 e. The quantitative estimate of drug-likeness (QED) is 0.428. The summed E-state index contributed by atoms with van der Waals surface area (Å²) in [5.41, 5.74) is 3.39. The highest BCUT2D eigenvalue weighted by atomic mass is 32.2. The van der Waals surface area contributed by atoms with Crippen LogP contribution in [0.2, 0.25) is 0 Å². The third-order valence-corrected chi connectivity index (χ3v) is 6.99. The Kier molecular flexibility index (Phi) is 8.56. The second-order valence-electron chi connectivity index (χ2n) is 7.47. The molecule has 0 radical (unpaired) electrons. The van der Waals surface area contributed by atoms with Gasteiger partial charge in [0.1, 0.15) is 5.75 Å². The third-order valence-electron chi connectivity index (χ3n) is 5.07. The summed E-state index contributed by atoms with van der Waals surface area (Å²) in [4.78, 5) is 24.4. The molecule has 2 aromatic carbocycles. The van der Waals surface area contributed by atoms with Gasteiger partial charge in [-0.3, -0.25) is 9.59 Å². The molecule has 2 aromatic rings. The Balaban J connectivity index is 1.47. The predicted molar refractivity (Wildman–Crippen MR) is 125 cm³/mol. The summed E-state index contributed by atoms with van der Waals surface area (Å²) >= 11 is 0. The van der Waals surface area contributed by atoms with Gasteiger partial charge in [-0.2, -0.15) is 9.41 Å². The number of hydrogen-bond acceptors (Lipinski definition) is 6. The maximum Gasteiger partial charge on any atom is 0.259 e. The maximum atomic E-state index is 12.7. The molecule has 0 aliphatic carbocycles. The Morgan fingerprint density at radius 1 is 1.03 bits per heavy atom. The minimum Gasteiger partial charge on any atom is -0.494 e. The average molecular weight is 473 g/mol. The van der Waals surface area contributed by atoms with Gasteiger partial charge in [0.2, 0.25) is 10.0 Å². The van der Waals surface area contributed by atoms with Gasteiger partial charge in [0.15, 0.2) is 0 Å². The number of sulfonamides is 1. The molecule has 3 rings (SSSR count). The molecule has 0 atom stereocenters. The maximum absolute atomic E-state index is 12.7. The van der Waals surface area contributed by atoms with E-state index in [1.807, 2.05) is 6.92 Å². The lowest BCUT2D eigenvalue weighted by atomic mass is 10.2. The Bertz CT molecular complexity index is 1080. The zero-order chi connectivity index (χ0) is 23.7. The molecule has 0 aromatic heterocycles. The van der Waals surface area contributed by atoms with Crippen LogP contribution in [0, 0.1) is 0 Å². The number of carbonyl (C=O) groups is 2. The van der Waals surface area contributed by atoms with Crippen molar-refractivity contribution in [2.75, 3.05) is 26.2 Å². The van der Waals surface area contributed by atoms with Gasteiger partial charge in [-0.25, -0.2) is 13.8 Å². The molecule has 10 heteroatoms. The number of nitrogens with one attached hydrogen (secondary N) is 2. The van der Waals surface area contributed by atoms with Crippen LogP contribution in [0.25, 0.3) is 0 Å². The van der Waals surface area contributed by atoms with Crippen molar-refractivity contribution in [3.05, 3.63) is 59.7 Å². The summed E-state index contributed by atoms with van der Waals surface area (Å²) < 4.78 is 32.2. The van der Waals surface area contributed by atoms with E-state index in [0.29, 0.717) is 19.7 Å². The Morgan fingerprint density at radius 3 is 2.33 bits per heavy atom. The lowest BCUT2D eigenvalue weighted by Gasteiger charge is -2.25. The molecule has 1 heterocycles. The zero-order valence-electron chi connectivity index (χ0n) is 18.5. The van der Waals surface area contributed by atoms with E-state index in [4.69, 9.17) is 4.74 Å². The minimum atomic E-state index is -3.55. The van der Waals surface area contributed by atoms with Crippen molar-refractivity contribution < 1.29 is 22.7 Å². The van der Waals surface area contributed by atoms with Crippen LogP contribution in [0.5, 0.6) is 5.75 Å². The Hall–Kier alpha value is -3.24. The van der Waals surface area contributed by atoms with E-state index < -0.39 is 21.8 Å². The van der Waals surface area contributed by atoms with Gasteiger partial charge >= 0.3 is 0 Å². The number of hydrogen-bond donors (Lipinski definition) is 2. The number of carbonyl (C=O) groups excluding carboxylic acids is 2. The zero-order valence-corrected chi connectivity index (χ0v) is 19.3. The van der Waals surface area contributed by atoms with E-state index >= 15 is 0 Å². The van der Waals surface area contributed by atoms with E-state index in [2.05, 4.69) is 15.8 Å². The normalized spacial score (nSPS) is 14.7. The van der Waals surface area contributed by atoms with E-state index in [1.54, 1.807) is 24.3 Å². The van der Waals surface area contributed by atoms with Crippen molar-refractivity contribution in [1.82, 2.24) is 15.0 Å². The number of rotatable bonds is 9. The number of nitrogens with zero attached hydrogens (tertiary/aromatic N) is 2. The van der Waals surface area contributed by atoms with Crippen LogP contribution < -0.4 is 15.5 Å². The topological polar surface area (TPSA) is 117 Å². The number of piperidine rings is 1. The van der Waals surface area contributed by atoms with Crippen molar-refractivity contribution in [1.29, 1.82) is 0 Å². The molecule has 1 saturated heterocycles. The molecule has 33 heavy (non-hydrogen) atoms. The Morgan fingerprint density at radius 2 is 1.70 bits per heavy atom. The molecular formula is C23H28N4O5S. The first-order chi connectivity index (χ1) is 15.9. The highest BCUT2D eigenvalue weighted by molar-refractivity contribution is 7.89. The molecule has 0 spiro atoms. The molecule has 0 unspecified atom stereocenters. The summed E-state index contributed by atoms with van der Waals surface area (Å²) in [6.45, 7) is 3.24. The smallest absolute Gasteiger partial charge is 0.259 e. The third kappa shape index (κ3) is 6.87. The lowest BCUT2D eigenvalue weighted by molar-refractivity contribution is -0.120. The minimum absolute atomic E-state index is 0.155. The second-order valence-corrected chi connectivity index (χ2v) is 9.40. The summed E-state index contributed by atoms with van der Waals surface area (Å²) in [6, 6.07) is 12.9. The first kappa shape index (κ1) is 24.4. The van der Waals surface area contributed by atoms with Crippen LogP contribution in [0.15, 0.2) is 58.5 Å². The highest BCUT2D eigenvalue weighted by Gasteiger charge is 2.25. The summed E-state index contributed by atoms with van der Waals surface area (Å²) in [7, 11) is -3.55. The van der Waals surface area contributed by atoms with E-state index in [-0.39, 0.29) is 17.0 Å². The number of benzene rings is 2. The van der Waals surface area contributed by atoms with Crippen LogP contribution >= 0.6 is 0 Å². The first-order valence-corrected chi connectivity index (χ1v) is 12.3. The van der Waals surface area contributed by atoms with E-state index in [0.717, 1.165) is 30.6 Å². The van der Waals surface area contributed by atoms with Gasteiger partial charge in [0.25, 0.3) is 11.8 Å². The van der Waals surface area contributed by atoms with Crippen molar-refractivity contribution in [3.63, 3.8) is 0 Å². The fourth-order valence-electron chi connectivity index (χ4n) is 3.33. The van der Waals surface area contributed by atoms with Crippen molar-refractivity contribution in [2.24, 2.45) is 5.10 Å². The summed E-state index contributed by atoms with van der Waals surface area (Å²) in [6.07, 6.45) is 4.22. The van der Waals surface area contributed by atoms with Gasteiger partial charge in [0, 0.05) is 18.7 Å². The molecule has 0 bridgehead atoms. The van der Waals surface area contributed by atoms with Gasteiger partial charge < -0.3 is 10.1 Å². The monoisotopic (exact) mass is 472 g/mol. The second kappa shape index (κ2) is 11.6. The van der Waals surface area contributed by atoms with Crippen LogP contribution in [0.4, 0.5) is 0 Å². The molecule has 1 aliphatic rings. The fraction of sp³-hybridized carbons (Fsp3) is 0.348. The molecule has 2 N–H and O–H groups in total. The molecule has 1 fully saturated rings. The predicted octanol–water partition coefficient (Wildman–Crippen LogP) is 2.14. The Labute approximate surface area is 193 Å². The average Bonchev–Trinajstić information content (AvgIpc) is 2.84. The standard InChI is InChI=1S/C23H28N4O5S/c1-2-32-20-10-6-18(7-11-20)16-25-26-22(28)17-24-23(29)19-8-12-21(13-9-19)33(30,31)27-14-4-3-5-15-27/h6-13,16H,2-5,14-15,17H2,1H3,(H,24,29)(H,26,28)/b25-16+. The number of hydrazone groups is 1. The molecule has 2 amide bonds. The van der Waals surface area contributed by atoms with Crippen LogP contribution in [0.1, 0.15) is 42.1 Å². The van der Waals surface area contributed by atoms with Gasteiger partial charge in [0.05, 0.1) is 24.3 Å². The molecule has 9 nitrogen and oxygen atoms in total. The molecule has 0 saturated carbocycles. The first-order valence-electron chi connectivity index (χ1n) is 10.8. The van der Waals surface area contributed by atoms with Crippen LogP contribution in [-0.4, -0.2) is 57.0 Å². The fourth-order valence-corrected chi connectivity index (χ4v) is 4.85.